The van der Waals surface area contributed by atoms with Gasteiger partial charge in [0, 0.05) is 36.9 Å². The Bertz CT molecular complexity index is 685. The molecule has 0 atom stereocenters. The van der Waals surface area contributed by atoms with Crippen LogP contribution >= 0.6 is 11.3 Å². The van der Waals surface area contributed by atoms with E-state index in [-0.39, 0.29) is 24.4 Å². The van der Waals surface area contributed by atoms with E-state index < -0.39 is 0 Å². The Hall–Kier alpha value is -1.53. The predicted octanol–water partition coefficient (Wildman–Crippen LogP) is 1.11. The van der Waals surface area contributed by atoms with Gasteiger partial charge in [-0.2, -0.15) is 0 Å². The standard InChI is InChI=1S/C12H14N2O3S/c1-6-9(4-5-15)11(17)14-7(2)10(8(3)16)18-12(14)13-6/h15H,4-5H2,1-3H3. The van der Waals surface area contributed by atoms with Gasteiger partial charge in [-0.25, -0.2) is 4.98 Å². The molecule has 0 unspecified atom stereocenters. The van der Waals surface area contributed by atoms with Crippen LogP contribution in [0.5, 0.6) is 0 Å². The number of nitrogens with zero attached hydrogens (tertiary/aromatic N) is 2. The lowest BCUT2D eigenvalue weighted by Crippen LogP contribution is -2.22. The van der Waals surface area contributed by atoms with Crippen LogP contribution in [0.4, 0.5) is 0 Å². The molecule has 0 fully saturated rings. The molecule has 0 spiro atoms. The maximum Gasteiger partial charge on any atom is 0.262 e. The van der Waals surface area contributed by atoms with Crippen molar-refractivity contribution in [2.75, 3.05) is 6.61 Å². The normalized spacial score (nSPS) is 11.1. The molecule has 5 nitrogen and oxygen atoms in total. The van der Waals surface area contributed by atoms with Crippen LogP contribution in [0, 0.1) is 13.8 Å². The van der Waals surface area contributed by atoms with Gasteiger partial charge in [-0.3, -0.25) is 14.0 Å². The van der Waals surface area contributed by atoms with E-state index in [9.17, 15) is 9.59 Å². The van der Waals surface area contributed by atoms with E-state index in [0.717, 1.165) is 0 Å². The van der Waals surface area contributed by atoms with Crippen molar-refractivity contribution in [3.8, 4) is 0 Å². The summed E-state index contributed by atoms with van der Waals surface area (Å²) < 4.78 is 1.46. The Morgan fingerprint density at radius 1 is 1.44 bits per heavy atom. The van der Waals surface area contributed by atoms with E-state index in [2.05, 4.69) is 4.98 Å². The van der Waals surface area contributed by atoms with Crippen molar-refractivity contribution >= 4 is 22.1 Å². The maximum atomic E-state index is 12.3. The SMILES string of the molecule is CC(=O)c1sc2nc(C)c(CCO)c(=O)n2c1C. The van der Waals surface area contributed by atoms with Crippen molar-refractivity contribution in [1.29, 1.82) is 0 Å². The highest BCUT2D eigenvalue weighted by Gasteiger charge is 2.17. The molecule has 0 bridgehead atoms. The van der Waals surface area contributed by atoms with E-state index in [0.29, 0.717) is 26.8 Å². The highest BCUT2D eigenvalue weighted by Crippen LogP contribution is 2.21. The fourth-order valence-electron chi connectivity index (χ4n) is 1.99. The number of rotatable bonds is 3. The number of aryl methyl sites for hydroxylation is 2. The lowest BCUT2D eigenvalue weighted by Gasteiger charge is -2.04. The predicted molar refractivity (Wildman–Crippen MR) is 69.6 cm³/mol. The van der Waals surface area contributed by atoms with Crippen LogP contribution in [-0.2, 0) is 6.42 Å². The van der Waals surface area contributed by atoms with E-state index in [1.807, 2.05) is 0 Å². The Morgan fingerprint density at radius 2 is 2.11 bits per heavy atom. The summed E-state index contributed by atoms with van der Waals surface area (Å²) in [4.78, 5) is 29.2. The van der Waals surface area contributed by atoms with E-state index >= 15 is 0 Å². The van der Waals surface area contributed by atoms with Crippen molar-refractivity contribution < 1.29 is 9.90 Å². The van der Waals surface area contributed by atoms with Crippen LogP contribution in [0.25, 0.3) is 4.96 Å². The van der Waals surface area contributed by atoms with Gasteiger partial charge in [0.1, 0.15) is 0 Å². The summed E-state index contributed by atoms with van der Waals surface area (Å²) in [5.74, 6) is -0.0660. The molecule has 2 aromatic rings. The molecule has 18 heavy (non-hydrogen) atoms. The van der Waals surface area contributed by atoms with Gasteiger partial charge in [0.05, 0.1) is 4.88 Å². The van der Waals surface area contributed by atoms with Crippen LogP contribution in [0.2, 0.25) is 0 Å². The molecule has 1 N–H and O–H groups in total. The number of aliphatic hydroxyl groups excluding tert-OH is 1. The topological polar surface area (TPSA) is 71.7 Å². The zero-order valence-electron chi connectivity index (χ0n) is 10.5. The fraction of sp³-hybridized carbons (Fsp3) is 0.417. The number of aromatic nitrogens is 2. The highest BCUT2D eigenvalue weighted by molar-refractivity contribution is 7.19. The molecule has 2 rings (SSSR count). The number of hydrogen-bond donors (Lipinski definition) is 1. The summed E-state index contributed by atoms with van der Waals surface area (Å²) in [5, 5.41) is 8.98. The van der Waals surface area contributed by atoms with E-state index in [1.54, 1.807) is 13.8 Å². The number of carbonyl (C=O) groups is 1. The first-order chi connectivity index (χ1) is 8.47. The van der Waals surface area contributed by atoms with Gasteiger partial charge in [0.15, 0.2) is 10.7 Å². The number of ketones is 1. The molecule has 0 saturated heterocycles. The summed E-state index contributed by atoms with van der Waals surface area (Å²) >= 11 is 1.23. The first-order valence-electron chi connectivity index (χ1n) is 5.60. The zero-order valence-corrected chi connectivity index (χ0v) is 11.3. The Labute approximate surface area is 108 Å². The average molecular weight is 266 g/mol. The third-order valence-electron chi connectivity index (χ3n) is 2.89. The summed E-state index contributed by atoms with van der Waals surface area (Å²) in [5.41, 5.74) is 1.56. The van der Waals surface area contributed by atoms with Crippen molar-refractivity contribution in [3.05, 3.63) is 32.2 Å². The zero-order chi connectivity index (χ0) is 13.4. The molecule has 0 aliphatic heterocycles. The Balaban J connectivity index is 2.85. The summed E-state index contributed by atoms with van der Waals surface area (Å²) in [6, 6.07) is 0. The van der Waals surface area contributed by atoms with Gasteiger partial charge in [0.2, 0.25) is 0 Å². The van der Waals surface area contributed by atoms with Gasteiger partial charge in [-0.15, -0.1) is 0 Å². The quantitative estimate of drug-likeness (QED) is 0.845. The van der Waals surface area contributed by atoms with Crippen molar-refractivity contribution in [2.24, 2.45) is 0 Å². The molecule has 0 saturated carbocycles. The second kappa shape index (κ2) is 4.62. The van der Waals surface area contributed by atoms with Crippen LogP contribution in [0.15, 0.2) is 4.79 Å². The van der Waals surface area contributed by atoms with Gasteiger partial charge >= 0.3 is 0 Å². The molecule has 2 aromatic heterocycles. The summed E-state index contributed by atoms with van der Waals surface area (Å²) in [6.45, 7) is 4.87. The second-order valence-electron chi connectivity index (χ2n) is 4.15. The Kier molecular flexibility index (Phi) is 3.32. The molecule has 0 amide bonds. The minimum absolute atomic E-state index is 0.0660. The minimum atomic E-state index is -0.187. The minimum Gasteiger partial charge on any atom is -0.396 e. The second-order valence-corrected chi connectivity index (χ2v) is 5.12. The molecule has 0 radical (unpaired) electrons. The third-order valence-corrected chi connectivity index (χ3v) is 4.13. The number of Topliss-reactive ketones (excluding diaryl/α,β-unsaturated/α-hetero) is 1. The molecule has 0 aliphatic rings. The first-order valence-corrected chi connectivity index (χ1v) is 6.42. The number of aliphatic hydroxyl groups is 1. The lowest BCUT2D eigenvalue weighted by atomic mass is 10.2. The Morgan fingerprint density at radius 3 is 2.67 bits per heavy atom. The van der Waals surface area contributed by atoms with Crippen molar-refractivity contribution in [2.45, 2.75) is 27.2 Å². The molecule has 2 heterocycles. The highest BCUT2D eigenvalue weighted by atomic mass is 32.1. The monoisotopic (exact) mass is 266 g/mol. The van der Waals surface area contributed by atoms with E-state index in [4.69, 9.17) is 5.11 Å². The van der Waals surface area contributed by atoms with Crippen LogP contribution in [0.3, 0.4) is 0 Å². The van der Waals surface area contributed by atoms with Crippen LogP contribution in [0.1, 0.15) is 33.5 Å². The van der Waals surface area contributed by atoms with Gasteiger partial charge in [-0.1, -0.05) is 11.3 Å². The number of hydrogen-bond acceptors (Lipinski definition) is 5. The fourth-order valence-corrected chi connectivity index (χ4v) is 3.05. The molecule has 0 aliphatic carbocycles. The number of thiazole rings is 1. The van der Waals surface area contributed by atoms with Gasteiger partial charge in [0.25, 0.3) is 5.56 Å². The average Bonchev–Trinajstić information content (AvgIpc) is 2.62. The molecule has 6 heteroatoms. The first kappa shape index (κ1) is 12.9. The number of carbonyl (C=O) groups excluding carboxylic acids is 1. The molecular formula is C12H14N2O3S. The summed E-state index contributed by atoms with van der Waals surface area (Å²) in [7, 11) is 0. The van der Waals surface area contributed by atoms with Crippen LogP contribution < -0.4 is 5.56 Å². The third kappa shape index (κ3) is 1.87. The van der Waals surface area contributed by atoms with Gasteiger partial charge < -0.3 is 5.11 Å². The molecule has 96 valence electrons. The van der Waals surface area contributed by atoms with Crippen molar-refractivity contribution in [1.82, 2.24) is 9.38 Å². The van der Waals surface area contributed by atoms with Crippen LogP contribution in [-0.4, -0.2) is 26.9 Å². The maximum absolute atomic E-state index is 12.3. The van der Waals surface area contributed by atoms with Gasteiger partial charge in [-0.05, 0) is 13.8 Å². The van der Waals surface area contributed by atoms with Crippen molar-refractivity contribution in [3.63, 3.8) is 0 Å². The summed E-state index contributed by atoms with van der Waals surface area (Å²) in [6.07, 6.45) is 0.283. The smallest absolute Gasteiger partial charge is 0.262 e. The van der Waals surface area contributed by atoms with E-state index in [1.165, 1.54) is 22.7 Å². The molecule has 0 aromatic carbocycles. The number of fused-ring (bicyclic) bond motifs is 1. The lowest BCUT2D eigenvalue weighted by molar-refractivity contribution is 0.102. The molecular weight excluding hydrogens is 252 g/mol. The largest absolute Gasteiger partial charge is 0.396 e.